The van der Waals surface area contributed by atoms with Gasteiger partial charge in [-0.3, -0.25) is 4.79 Å². The molecule has 2 rings (SSSR count). The maximum absolute atomic E-state index is 12.1. The SMILES string of the molecule is CCOC1CC(CC(=O)N2CCC(CN)CC2)C1. The van der Waals surface area contributed by atoms with Gasteiger partial charge in [0.2, 0.25) is 5.91 Å². The monoisotopic (exact) mass is 254 g/mol. The van der Waals surface area contributed by atoms with E-state index >= 15 is 0 Å². The van der Waals surface area contributed by atoms with Crippen molar-refractivity contribution < 1.29 is 9.53 Å². The lowest BCUT2D eigenvalue weighted by Crippen LogP contribution is -2.42. The van der Waals surface area contributed by atoms with Gasteiger partial charge >= 0.3 is 0 Å². The van der Waals surface area contributed by atoms with E-state index in [-0.39, 0.29) is 0 Å². The van der Waals surface area contributed by atoms with Gasteiger partial charge < -0.3 is 15.4 Å². The Morgan fingerprint density at radius 3 is 2.50 bits per heavy atom. The Labute approximate surface area is 110 Å². The fourth-order valence-corrected chi connectivity index (χ4v) is 3.01. The Balaban J connectivity index is 1.64. The van der Waals surface area contributed by atoms with Gasteiger partial charge in [-0.1, -0.05) is 0 Å². The Bertz CT molecular complexity index is 269. The fraction of sp³-hybridized carbons (Fsp3) is 0.929. The normalized spacial score (nSPS) is 29.1. The van der Waals surface area contributed by atoms with E-state index in [0.717, 1.165) is 58.3 Å². The van der Waals surface area contributed by atoms with E-state index in [1.807, 2.05) is 11.8 Å². The fourth-order valence-electron chi connectivity index (χ4n) is 3.01. The zero-order chi connectivity index (χ0) is 13.0. The van der Waals surface area contributed by atoms with Crippen LogP contribution in [0.3, 0.4) is 0 Å². The summed E-state index contributed by atoms with van der Waals surface area (Å²) in [6, 6.07) is 0. The number of hydrogen-bond acceptors (Lipinski definition) is 3. The van der Waals surface area contributed by atoms with E-state index in [0.29, 0.717) is 23.8 Å². The van der Waals surface area contributed by atoms with Gasteiger partial charge in [0.05, 0.1) is 6.10 Å². The number of nitrogens with zero attached hydrogens (tertiary/aromatic N) is 1. The minimum absolute atomic E-state index is 0.338. The molecule has 0 unspecified atom stereocenters. The smallest absolute Gasteiger partial charge is 0.222 e. The summed E-state index contributed by atoms with van der Waals surface area (Å²) in [6.45, 7) is 5.39. The topological polar surface area (TPSA) is 55.6 Å². The minimum atomic E-state index is 0.338. The lowest BCUT2D eigenvalue weighted by molar-refractivity contribution is -0.135. The van der Waals surface area contributed by atoms with Crippen molar-refractivity contribution in [1.82, 2.24) is 4.90 Å². The predicted octanol–water partition coefficient (Wildman–Crippen LogP) is 1.39. The number of ether oxygens (including phenoxy) is 1. The molecule has 0 spiro atoms. The Hall–Kier alpha value is -0.610. The van der Waals surface area contributed by atoms with Crippen LogP contribution in [0.25, 0.3) is 0 Å². The summed E-state index contributed by atoms with van der Waals surface area (Å²) in [7, 11) is 0. The van der Waals surface area contributed by atoms with Crippen LogP contribution in [0.5, 0.6) is 0 Å². The number of carbonyl (C=O) groups is 1. The highest BCUT2D eigenvalue weighted by Crippen LogP contribution is 2.33. The second kappa shape index (κ2) is 6.53. The third-order valence-corrected chi connectivity index (χ3v) is 4.36. The zero-order valence-corrected chi connectivity index (χ0v) is 11.4. The summed E-state index contributed by atoms with van der Waals surface area (Å²) in [6.07, 6.45) is 5.42. The van der Waals surface area contributed by atoms with Gasteiger partial charge in [-0.15, -0.1) is 0 Å². The van der Waals surface area contributed by atoms with Gasteiger partial charge in [0, 0.05) is 26.1 Å². The molecule has 18 heavy (non-hydrogen) atoms. The van der Waals surface area contributed by atoms with Crippen molar-refractivity contribution in [1.29, 1.82) is 0 Å². The van der Waals surface area contributed by atoms with E-state index in [2.05, 4.69) is 0 Å². The highest BCUT2D eigenvalue weighted by atomic mass is 16.5. The Morgan fingerprint density at radius 1 is 1.28 bits per heavy atom. The van der Waals surface area contributed by atoms with Crippen molar-refractivity contribution in [3.8, 4) is 0 Å². The molecule has 0 aromatic rings. The molecule has 4 nitrogen and oxygen atoms in total. The quantitative estimate of drug-likeness (QED) is 0.806. The maximum atomic E-state index is 12.1. The molecule has 0 atom stereocenters. The van der Waals surface area contributed by atoms with Crippen LogP contribution in [0.2, 0.25) is 0 Å². The van der Waals surface area contributed by atoms with E-state index in [1.54, 1.807) is 0 Å². The summed E-state index contributed by atoms with van der Waals surface area (Å²) in [4.78, 5) is 14.1. The summed E-state index contributed by atoms with van der Waals surface area (Å²) in [5.41, 5.74) is 5.66. The summed E-state index contributed by atoms with van der Waals surface area (Å²) in [5.74, 6) is 1.52. The van der Waals surface area contributed by atoms with Gasteiger partial charge in [0.25, 0.3) is 0 Å². The molecular weight excluding hydrogens is 228 g/mol. The van der Waals surface area contributed by atoms with Crippen LogP contribution in [0.15, 0.2) is 0 Å². The van der Waals surface area contributed by atoms with Crippen molar-refractivity contribution in [3.63, 3.8) is 0 Å². The average molecular weight is 254 g/mol. The van der Waals surface area contributed by atoms with E-state index in [1.165, 1.54) is 0 Å². The molecule has 0 radical (unpaired) electrons. The average Bonchev–Trinajstić information content (AvgIpc) is 2.36. The first-order valence-corrected chi connectivity index (χ1v) is 7.32. The molecule has 1 amide bonds. The third kappa shape index (κ3) is 3.45. The molecule has 2 N–H and O–H groups in total. The van der Waals surface area contributed by atoms with Crippen LogP contribution < -0.4 is 5.73 Å². The van der Waals surface area contributed by atoms with Crippen LogP contribution in [0.1, 0.15) is 39.0 Å². The van der Waals surface area contributed by atoms with Crippen molar-refractivity contribution in [3.05, 3.63) is 0 Å². The van der Waals surface area contributed by atoms with Gasteiger partial charge in [-0.05, 0) is 51.0 Å². The van der Waals surface area contributed by atoms with E-state index < -0.39 is 0 Å². The summed E-state index contributed by atoms with van der Waals surface area (Å²) < 4.78 is 5.52. The first-order chi connectivity index (χ1) is 8.72. The maximum Gasteiger partial charge on any atom is 0.222 e. The molecule has 2 aliphatic rings. The standard InChI is InChI=1S/C14H26N2O2/c1-2-18-13-7-12(8-13)9-14(17)16-5-3-11(10-15)4-6-16/h11-13H,2-10,15H2,1H3. The highest BCUT2D eigenvalue weighted by Gasteiger charge is 2.32. The summed E-state index contributed by atoms with van der Waals surface area (Å²) in [5, 5.41) is 0. The van der Waals surface area contributed by atoms with Crippen LogP contribution in [0.4, 0.5) is 0 Å². The number of nitrogens with two attached hydrogens (primary N) is 1. The van der Waals surface area contributed by atoms with Gasteiger partial charge in [-0.25, -0.2) is 0 Å². The first-order valence-electron chi connectivity index (χ1n) is 7.32. The largest absolute Gasteiger partial charge is 0.378 e. The van der Waals surface area contributed by atoms with Gasteiger partial charge in [0.1, 0.15) is 0 Å². The van der Waals surface area contributed by atoms with E-state index in [4.69, 9.17) is 10.5 Å². The number of amides is 1. The number of likely N-dealkylation sites (tertiary alicyclic amines) is 1. The molecule has 1 saturated heterocycles. The molecule has 1 heterocycles. The van der Waals surface area contributed by atoms with E-state index in [9.17, 15) is 4.79 Å². The molecule has 4 heteroatoms. The van der Waals surface area contributed by atoms with Gasteiger partial charge in [-0.2, -0.15) is 0 Å². The van der Waals surface area contributed by atoms with Crippen LogP contribution >= 0.6 is 0 Å². The number of hydrogen-bond donors (Lipinski definition) is 1. The lowest BCUT2D eigenvalue weighted by atomic mass is 9.79. The van der Waals surface area contributed by atoms with Crippen molar-refractivity contribution in [2.45, 2.75) is 45.1 Å². The second-order valence-corrected chi connectivity index (χ2v) is 5.68. The van der Waals surface area contributed by atoms with Gasteiger partial charge in [0.15, 0.2) is 0 Å². The number of piperidine rings is 1. The number of rotatable bonds is 5. The predicted molar refractivity (Wildman–Crippen MR) is 71.1 cm³/mol. The molecule has 2 fully saturated rings. The first kappa shape index (κ1) is 13.8. The van der Waals surface area contributed by atoms with Crippen molar-refractivity contribution >= 4 is 5.91 Å². The molecular formula is C14H26N2O2. The van der Waals surface area contributed by atoms with Crippen LogP contribution in [-0.4, -0.2) is 43.2 Å². The van der Waals surface area contributed by atoms with Crippen LogP contribution in [-0.2, 0) is 9.53 Å². The second-order valence-electron chi connectivity index (χ2n) is 5.68. The molecule has 0 aromatic heterocycles. The summed E-state index contributed by atoms with van der Waals surface area (Å²) >= 11 is 0. The molecule has 1 saturated carbocycles. The minimum Gasteiger partial charge on any atom is -0.378 e. The molecule has 1 aliphatic heterocycles. The third-order valence-electron chi connectivity index (χ3n) is 4.36. The molecule has 0 bridgehead atoms. The highest BCUT2D eigenvalue weighted by molar-refractivity contribution is 5.76. The molecule has 0 aromatic carbocycles. The van der Waals surface area contributed by atoms with Crippen molar-refractivity contribution in [2.75, 3.05) is 26.2 Å². The van der Waals surface area contributed by atoms with Crippen molar-refractivity contribution in [2.24, 2.45) is 17.6 Å². The van der Waals surface area contributed by atoms with Crippen LogP contribution in [0, 0.1) is 11.8 Å². The lowest BCUT2D eigenvalue weighted by Gasteiger charge is -2.37. The Kier molecular flexibility index (Phi) is 5.01. The molecule has 104 valence electrons. The molecule has 1 aliphatic carbocycles. The Morgan fingerprint density at radius 2 is 1.94 bits per heavy atom. The zero-order valence-electron chi connectivity index (χ0n) is 11.4. The number of carbonyl (C=O) groups excluding carboxylic acids is 1.